The fraction of sp³-hybridized carbons (Fsp3) is 0.692. The predicted octanol–water partition coefficient (Wildman–Crippen LogP) is 0.869. The van der Waals surface area contributed by atoms with Crippen molar-refractivity contribution in [3.05, 3.63) is 5.69 Å². The van der Waals surface area contributed by atoms with Crippen molar-refractivity contribution in [1.82, 2.24) is 14.7 Å². The van der Waals surface area contributed by atoms with Gasteiger partial charge in [-0.25, -0.2) is 0 Å². The molecule has 0 atom stereocenters. The van der Waals surface area contributed by atoms with E-state index in [0.29, 0.717) is 12.2 Å². The SMILES string of the molecule is CCCc1nn(C)c(N(CC)CC(=O)N(C)C)c1N. The molecule has 0 radical (unpaired) electrons. The molecule has 0 aliphatic rings. The number of nitrogens with two attached hydrogens (primary N) is 1. The van der Waals surface area contributed by atoms with Crippen LogP contribution >= 0.6 is 0 Å². The molecule has 6 heteroatoms. The summed E-state index contributed by atoms with van der Waals surface area (Å²) >= 11 is 0. The summed E-state index contributed by atoms with van der Waals surface area (Å²) < 4.78 is 1.77. The van der Waals surface area contributed by atoms with E-state index in [-0.39, 0.29) is 5.91 Å². The Labute approximate surface area is 115 Å². The molecule has 0 bridgehead atoms. The number of nitrogens with zero attached hydrogens (tertiary/aromatic N) is 4. The maximum Gasteiger partial charge on any atom is 0.241 e. The van der Waals surface area contributed by atoms with Gasteiger partial charge in [0.2, 0.25) is 5.91 Å². The molecule has 2 N–H and O–H groups in total. The topological polar surface area (TPSA) is 67.4 Å². The summed E-state index contributed by atoms with van der Waals surface area (Å²) in [5.41, 5.74) is 7.77. The Bertz CT molecular complexity index is 438. The van der Waals surface area contributed by atoms with Crippen molar-refractivity contribution in [2.45, 2.75) is 26.7 Å². The smallest absolute Gasteiger partial charge is 0.241 e. The van der Waals surface area contributed by atoms with Gasteiger partial charge in [0.15, 0.2) is 5.82 Å². The van der Waals surface area contributed by atoms with Gasteiger partial charge in [-0.2, -0.15) is 5.10 Å². The van der Waals surface area contributed by atoms with Gasteiger partial charge in [0.05, 0.1) is 17.9 Å². The first-order valence-electron chi connectivity index (χ1n) is 6.68. The van der Waals surface area contributed by atoms with Crippen LogP contribution in [0.3, 0.4) is 0 Å². The number of likely N-dealkylation sites (N-methyl/N-ethyl adjacent to an activating group) is 2. The largest absolute Gasteiger partial charge is 0.394 e. The van der Waals surface area contributed by atoms with Gasteiger partial charge in [0.1, 0.15) is 0 Å². The van der Waals surface area contributed by atoms with E-state index in [1.165, 1.54) is 0 Å². The van der Waals surface area contributed by atoms with Gasteiger partial charge >= 0.3 is 0 Å². The minimum absolute atomic E-state index is 0.0551. The maximum atomic E-state index is 11.9. The van der Waals surface area contributed by atoms with Gasteiger partial charge in [0, 0.05) is 27.7 Å². The number of anilines is 2. The first-order chi connectivity index (χ1) is 8.92. The number of carbonyl (C=O) groups excluding carboxylic acids is 1. The van der Waals surface area contributed by atoms with E-state index in [2.05, 4.69) is 12.0 Å². The van der Waals surface area contributed by atoms with E-state index in [4.69, 9.17) is 5.73 Å². The summed E-state index contributed by atoms with van der Waals surface area (Å²) in [6.45, 7) is 5.14. The van der Waals surface area contributed by atoms with Crippen molar-refractivity contribution in [1.29, 1.82) is 0 Å². The van der Waals surface area contributed by atoms with Gasteiger partial charge in [-0.05, 0) is 13.3 Å². The number of carbonyl (C=O) groups is 1. The number of hydrogen-bond donors (Lipinski definition) is 1. The molecule has 0 unspecified atom stereocenters. The molecule has 1 rings (SSSR count). The van der Waals surface area contributed by atoms with Gasteiger partial charge in [-0.15, -0.1) is 0 Å². The molecule has 1 aromatic heterocycles. The molecule has 19 heavy (non-hydrogen) atoms. The molecule has 0 saturated carbocycles. The lowest BCUT2D eigenvalue weighted by Gasteiger charge is -2.24. The number of rotatable bonds is 6. The molecule has 0 saturated heterocycles. The van der Waals surface area contributed by atoms with E-state index < -0.39 is 0 Å². The Morgan fingerprint density at radius 2 is 2.00 bits per heavy atom. The predicted molar refractivity (Wildman–Crippen MR) is 78.2 cm³/mol. The zero-order chi connectivity index (χ0) is 14.6. The zero-order valence-corrected chi connectivity index (χ0v) is 12.6. The molecule has 1 amide bonds. The third-order valence-electron chi connectivity index (χ3n) is 3.12. The van der Waals surface area contributed by atoms with Crippen molar-refractivity contribution in [2.24, 2.45) is 7.05 Å². The van der Waals surface area contributed by atoms with Crippen molar-refractivity contribution < 1.29 is 4.79 Å². The monoisotopic (exact) mass is 267 g/mol. The lowest BCUT2D eigenvalue weighted by molar-refractivity contribution is -0.127. The van der Waals surface area contributed by atoms with E-state index >= 15 is 0 Å². The van der Waals surface area contributed by atoms with Crippen LogP contribution in [-0.4, -0.2) is 47.8 Å². The Morgan fingerprint density at radius 3 is 2.47 bits per heavy atom. The van der Waals surface area contributed by atoms with Crippen molar-refractivity contribution >= 4 is 17.4 Å². The molecule has 108 valence electrons. The highest BCUT2D eigenvalue weighted by Gasteiger charge is 2.20. The average molecular weight is 267 g/mol. The quantitative estimate of drug-likeness (QED) is 0.830. The van der Waals surface area contributed by atoms with Gasteiger partial charge in [0.25, 0.3) is 0 Å². The first-order valence-corrected chi connectivity index (χ1v) is 6.68. The van der Waals surface area contributed by atoms with Crippen LogP contribution in [0.4, 0.5) is 11.5 Å². The molecule has 0 aromatic carbocycles. The van der Waals surface area contributed by atoms with Gasteiger partial charge in [-0.3, -0.25) is 9.48 Å². The Kier molecular flexibility index (Phi) is 5.20. The van der Waals surface area contributed by atoms with Crippen LogP contribution in [0.1, 0.15) is 26.0 Å². The molecule has 0 aliphatic carbocycles. The summed E-state index contributed by atoms with van der Waals surface area (Å²) in [5.74, 6) is 0.889. The minimum atomic E-state index is 0.0551. The van der Waals surface area contributed by atoms with Gasteiger partial charge < -0.3 is 15.5 Å². The first kappa shape index (κ1) is 15.3. The molecular weight excluding hydrogens is 242 g/mol. The molecule has 0 aliphatic heterocycles. The summed E-state index contributed by atoms with van der Waals surface area (Å²) in [6, 6.07) is 0. The van der Waals surface area contributed by atoms with Crippen molar-refractivity contribution in [3.8, 4) is 0 Å². The van der Waals surface area contributed by atoms with Crippen molar-refractivity contribution in [2.75, 3.05) is 37.8 Å². The number of aryl methyl sites for hydroxylation is 2. The van der Waals surface area contributed by atoms with E-state index in [9.17, 15) is 4.79 Å². The van der Waals surface area contributed by atoms with Crippen LogP contribution in [0.15, 0.2) is 0 Å². The van der Waals surface area contributed by atoms with Gasteiger partial charge in [-0.1, -0.05) is 13.3 Å². The second-order valence-electron chi connectivity index (χ2n) is 4.86. The van der Waals surface area contributed by atoms with Crippen LogP contribution in [0.2, 0.25) is 0 Å². The van der Waals surface area contributed by atoms with Crippen LogP contribution in [0.25, 0.3) is 0 Å². The van der Waals surface area contributed by atoms with E-state index in [1.54, 1.807) is 23.7 Å². The fourth-order valence-corrected chi connectivity index (χ4v) is 2.02. The lowest BCUT2D eigenvalue weighted by atomic mass is 10.2. The van der Waals surface area contributed by atoms with Crippen LogP contribution in [0, 0.1) is 0 Å². The molecule has 6 nitrogen and oxygen atoms in total. The van der Waals surface area contributed by atoms with Crippen LogP contribution < -0.4 is 10.6 Å². The Morgan fingerprint density at radius 1 is 1.37 bits per heavy atom. The highest BCUT2D eigenvalue weighted by Crippen LogP contribution is 2.26. The maximum absolute atomic E-state index is 11.9. The molecular formula is C13H25N5O. The highest BCUT2D eigenvalue weighted by atomic mass is 16.2. The highest BCUT2D eigenvalue weighted by molar-refractivity contribution is 5.82. The molecule has 1 heterocycles. The fourth-order valence-electron chi connectivity index (χ4n) is 2.02. The third-order valence-corrected chi connectivity index (χ3v) is 3.12. The van der Waals surface area contributed by atoms with Crippen LogP contribution in [0.5, 0.6) is 0 Å². The Balaban J connectivity index is 3.01. The second kappa shape index (κ2) is 6.45. The third kappa shape index (κ3) is 3.39. The molecule has 0 spiro atoms. The van der Waals surface area contributed by atoms with E-state index in [0.717, 1.165) is 30.9 Å². The normalized spacial score (nSPS) is 10.6. The molecule has 0 fully saturated rings. The lowest BCUT2D eigenvalue weighted by Crippen LogP contribution is -2.37. The Hall–Kier alpha value is -1.72. The average Bonchev–Trinajstić information content (AvgIpc) is 2.62. The second-order valence-corrected chi connectivity index (χ2v) is 4.86. The summed E-state index contributed by atoms with van der Waals surface area (Å²) in [4.78, 5) is 15.4. The summed E-state index contributed by atoms with van der Waals surface area (Å²) in [5, 5.41) is 4.45. The summed E-state index contributed by atoms with van der Waals surface area (Å²) in [7, 11) is 5.38. The zero-order valence-electron chi connectivity index (χ0n) is 12.6. The van der Waals surface area contributed by atoms with Crippen molar-refractivity contribution in [3.63, 3.8) is 0 Å². The standard InChI is InChI=1S/C13H25N5O/c1-6-8-10-12(14)13(17(5)15-10)18(7-2)9-11(19)16(3)4/h6-9,14H2,1-5H3. The minimum Gasteiger partial charge on any atom is -0.394 e. The number of amides is 1. The van der Waals surface area contributed by atoms with E-state index in [1.807, 2.05) is 18.9 Å². The molecule has 1 aromatic rings. The summed E-state index contributed by atoms with van der Waals surface area (Å²) in [6.07, 6.45) is 1.86. The van der Waals surface area contributed by atoms with Crippen LogP contribution in [-0.2, 0) is 18.3 Å². The number of nitrogen functional groups attached to an aromatic ring is 1. The number of aromatic nitrogens is 2. The number of hydrogen-bond acceptors (Lipinski definition) is 4.